The van der Waals surface area contributed by atoms with Crippen molar-refractivity contribution in [3.05, 3.63) is 22.4 Å². The maximum atomic E-state index is 5.97. The van der Waals surface area contributed by atoms with Crippen molar-refractivity contribution in [2.75, 3.05) is 19.0 Å². The van der Waals surface area contributed by atoms with Crippen molar-refractivity contribution in [2.24, 2.45) is 5.41 Å². The molecular weight excluding hydrogens is 214 g/mol. The Morgan fingerprint density at radius 2 is 2.50 bits per heavy atom. The Morgan fingerprint density at radius 1 is 1.64 bits per heavy atom. The molecule has 1 nitrogen and oxygen atoms in total. The maximum Gasteiger partial charge on any atom is 0.0328 e. The summed E-state index contributed by atoms with van der Waals surface area (Å²) in [6.07, 6.45) is 1.24. The Morgan fingerprint density at radius 3 is 3.07 bits per heavy atom. The average molecular weight is 230 g/mol. The van der Waals surface area contributed by atoms with Gasteiger partial charge < -0.3 is 0 Å². The molecule has 0 aromatic carbocycles. The van der Waals surface area contributed by atoms with Crippen LogP contribution in [0.3, 0.4) is 0 Å². The molecule has 1 aliphatic heterocycles. The molecule has 1 aliphatic rings. The lowest BCUT2D eigenvalue weighted by Gasteiger charge is -2.21. The van der Waals surface area contributed by atoms with Crippen LogP contribution in [0.2, 0.25) is 0 Å². The summed E-state index contributed by atoms with van der Waals surface area (Å²) in [5.41, 5.74) is 0.346. The molecule has 2 rings (SSSR count). The van der Waals surface area contributed by atoms with Gasteiger partial charge in [-0.05, 0) is 29.8 Å². The van der Waals surface area contributed by atoms with E-state index >= 15 is 0 Å². The summed E-state index contributed by atoms with van der Waals surface area (Å²) in [7, 11) is 0. The van der Waals surface area contributed by atoms with E-state index in [9.17, 15) is 0 Å². The van der Waals surface area contributed by atoms with Crippen LogP contribution in [-0.2, 0) is 6.54 Å². The zero-order chi connectivity index (χ0) is 10.0. The van der Waals surface area contributed by atoms with E-state index in [1.807, 2.05) is 11.3 Å². The first-order valence-corrected chi connectivity index (χ1v) is 6.44. The van der Waals surface area contributed by atoms with Crippen LogP contribution in [0.1, 0.15) is 18.2 Å². The number of likely N-dealkylation sites (tertiary alicyclic amines) is 1. The zero-order valence-electron chi connectivity index (χ0n) is 8.50. The third-order valence-electron chi connectivity index (χ3n) is 2.92. The van der Waals surface area contributed by atoms with Crippen LogP contribution in [0.4, 0.5) is 0 Å². The van der Waals surface area contributed by atoms with Gasteiger partial charge in [0.2, 0.25) is 0 Å². The Balaban J connectivity index is 1.90. The fraction of sp³-hybridized carbons (Fsp3) is 0.636. The number of hydrogen-bond acceptors (Lipinski definition) is 2. The molecule has 1 atom stereocenters. The fourth-order valence-corrected chi connectivity index (χ4v) is 2.96. The summed E-state index contributed by atoms with van der Waals surface area (Å²) < 4.78 is 0. The number of nitrogens with zero attached hydrogens (tertiary/aromatic N) is 1. The average Bonchev–Trinajstić information content (AvgIpc) is 2.78. The number of rotatable bonds is 3. The first kappa shape index (κ1) is 10.5. The van der Waals surface area contributed by atoms with Crippen molar-refractivity contribution >= 4 is 22.9 Å². The third-order valence-corrected chi connectivity index (χ3v) is 4.43. The van der Waals surface area contributed by atoms with Crippen molar-refractivity contribution in [2.45, 2.75) is 19.9 Å². The molecule has 0 amide bonds. The smallest absolute Gasteiger partial charge is 0.0328 e. The second-order valence-electron chi connectivity index (χ2n) is 4.48. The Labute approximate surface area is 94.7 Å². The van der Waals surface area contributed by atoms with Crippen molar-refractivity contribution < 1.29 is 0 Å². The van der Waals surface area contributed by atoms with E-state index in [4.69, 9.17) is 11.6 Å². The van der Waals surface area contributed by atoms with Crippen molar-refractivity contribution in [3.8, 4) is 0 Å². The molecule has 0 bridgehead atoms. The third kappa shape index (κ3) is 2.30. The van der Waals surface area contributed by atoms with Gasteiger partial charge in [0.1, 0.15) is 0 Å². The molecule has 0 spiro atoms. The highest BCUT2D eigenvalue weighted by molar-refractivity contribution is 7.09. The fourth-order valence-electron chi connectivity index (χ4n) is 1.99. The van der Waals surface area contributed by atoms with Crippen molar-refractivity contribution in [1.29, 1.82) is 0 Å². The molecule has 0 aliphatic carbocycles. The van der Waals surface area contributed by atoms with Gasteiger partial charge in [-0.15, -0.1) is 22.9 Å². The summed E-state index contributed by atoms with van der Waals surface area (Å²) in [5, 5.41) is 2.14. The molecule has 1 unspecified atom stereocenters. The molecule has 1 saturated heterocycles. The highest BCUT2D eigenvalue weighted by Gasteiger charge is 2.32. The molecule has 0 radical (unpaired) electrons. The SMILES string of the molecule is CC1(CCl)CCN(Cc2cccs2)C1. The highest BCUT2D eigenvalue weighted by Crippen LogP contribution is 2.32. The van der Waals surface area contributed by atoms with Gasteiger partial charge in [0.05, 0.1) is 0 Å². The normalized spacial score (nSPS) is 28.4. The maximum absolute atomic E-state index is 5.97. The monoisotopic (exact) mass is 229 g/mol. The molecule has 1 aromatic rings. The van der Waals surface area contributed by atoms with E-state index in [-0.39, 0.29) is 0 Å². The van der Waals surface area contributed by atoms with Crippen LogP contribution in [0, 0.1) is 5.41 Å². The van der Waals surface area contributed by atoms with Gasteiger partial charge in [0, 0.05) is 23.8 Å². The molecular formula is C11H16ClNS. The first-order chi connectivity index (χ1) is 6.72. The standard InChI is InChI=1S/C11H16ClNS/c1-11(8-12)4-5-13(9-11)7-10-3-2-6-14-10/h2-3,6H,4-5,7-9H2,1H3. The van der Waals surface area contributed by atoms with Gasteiger partial charge >= 0.3 is 0 Å². The predicted molar refractivity (Wildman–Crippen MR) is 63.0 cm³/mol. The lowest BCUT2D eigenvalue weighted by atomic mass is 9.93. The van der Waals surface area contributed by atoms with E-state index in [1.54, 1.807) is 0 Å². The Bertz CT molecular complexity index is 285. The minimum Gasteiger partial charge on any atom is -0.298 e. The van der Waals surface area contributed by atoms with Crippen LogP contribution in [-0.4, -0.2) is 23.9 Å². The minimum absolute atomic E-state index is 0.346. The van der Waals surface area contributed by atoms with Crippen LogP contribution in [0.15, 0.2) is 17.5 Å². The van der Waals surface area contributed by atoms with E-state index in [2.05, 4.69) is 29.3 Å². The Kier molecular flexibility index (Phi) is 3.15. The van der Waals surface area contributed by atoms with Gasteiger partial charge in [-0.25, -0.2) is 0 Å². The minimum atomic E-state index is 0.346. The summed E-state index contributed by atoms with van der Waals surface area (Å²) in [6.45, 7) is 5.73. The quantitative estimate of drug-likeness (QED) is 0.720. The van der Waals surface area contributed by atoms with Gasteiger partial charge in [-0.3, -0.25) is 4.90 Å². The zero-order valence-corrected chi connectivity index (χ0v) is 10.1. The van der Waals surface area contributed by atoms with Crippen LogP contribution in [0.25, 0.3) is 0 Å². The molecule has 78 valence electrons. The van der Waals surface area contributed by atoms with E-state index in [0.29, 0.717) is 5.41 Å². The molecule has 0 N–H and O–H groups in total. The Hall–Kier alpha value is -0.0500. The van der Waals surface area contributed by atoms with Crippen molar-refractivity contribution in [1.82, 2.24) is 4.90 Å². The lowest BCUT2D eigenvalue weighted by molar-refractivity contribution is 0.288. The van der Waals surface area contributed by atoms with E-state index in [0.717, 1.165) is 19.0 Å². The van der Waals surface area contributed by atoms with Crippen molar-refractivity contribution in [3.63, 3.8) is 0 Å². The van der Waals surface area contributed by atoms with Crippen LogP contribution in [0.5, 0.6) is 0 Å². The molecule has 1 fully saturated rings. The molecule has 0 saturated carbocycles. The van der Waals surface area contributed by atoms with Gasteiger partial charge in [-0.2, -0.15) is 0 Å². The summed E-state index contributed by atoms with van der Waals surface area (Å²) in [4.78, 5) is 3.97. The van der Waals surface area contributed by atoms with Gasteiger partial charge in [0.25, 0.3) is 0 Å². The lowest BCUT2D eigenvalue weighted by Crippen LogP contribution is -2.25. The molecule has 14 heavy (non-hydrogen) atoms. The summed E-state index contributed by atoms with van der Waals surface area (Å²) >= 11 is 7.81. The van der Waals surface area contributed by atoms with E-state index in [1.165, 1.54) is 17.8 Å². The second kappa shape index (κ2) is 4.21. The summed E-state index contributed by atoms with van der Waals surface area (Å²) in [5.74, 6) is 0.786. The summed E-state index contributed by atoms with van der Waals surface area (Å²) in [6, 6.07) is 4.33. The first-order valence-electron chi connectivity index (χ1n) is 5.03. The topological polar surface area (TPSA) is 3.24 Å². The largest absolute Gasteiger partial charge is 0.298 e. The van der Waals surface area contributed by atoms with Gasteiger partial charge in [0.15, 0.2) is 0 Å². The second-order valence-corrected chi connectivity index (χ2v) is 5.78. The van der Waals surface area contributed by atoms with E-state index < -0.39 is 0 Å². The molecule has 1 aromatic heterocycles. The number of thiophene rings is 1. The predicted octanol–water partition coefficient (Wildman–Crippen LogP) is 3.20. The van der Waals surface area contributed by atoms with Crippen LogP contribution < -0.4 is 0 Å². The van der Waals surface area contributed by atoms with Gasteiger partial charge in [-0.1, -0.05) is 13.0 Å². The highest BCUT2D eigenvalue weighted by atomic mass is 35.5. The molecule has 3 heteroatoms. The molecule has 2 heterocycles. The number of hydrogen-bond donors (Lipinski definition) is 0. The van der Waals surface area contributed by atoms with Crippen LogP contribution >= 0.6 is 22.9 Å². The number of halogens is 1. The number of alkyl halides is 1.